The van der Waals surface area contributed by atoms with Gasteiger partial charge in [0.2, 0.25) is 0 Å². The minimum atomic E-state index is -0.851. The van der Waals surface area contributed by atoms with Crippen LogP contribution in [-0.2, 0) is 11.4 Å². The van der Waals surface area contributed by atoms with Gasteiger partial charge >= 0.3 is 5.97 Å². The number of H-pyrrole nitrogens is 1. The molecular formula is C27H26ClN3O3. The highest BCUT2D eigenvalue weighted by molar-refractivity contribution is 6.30. The van der Waals surface area contributed by atoms with Crippen molar-refractivity contribution in [1.29, 1.82) is 0 Å². The smallest absolute Gasteiger partial charge is 0.325 e. The highest BCUT2D eigenvalue weighted by atomic mass is 35.5. The molecule has 0 amide bonds. The number of anilines is 1. The summed E-state index contributed by atoms with van der Waals surface area (Å²) in [5, 5.41) is 11.8. The van der Waals surface area contributed by atoms with E-state index in [2.05, 4.69) is 9.88 Å². The molecule has 1 atom stereocenters. The normalized spacial score (nSPS) is 15.4. The number of rotatable bonds is 7. The van der Waals surface area contributed by atoms with Crippen molar-refractivity contribution in [2.75, 3.05) is 31.1 Å². The van der Waals surface area contributed by atoms with Gasteiger partial charge in [0.25, 0.3) is 0 Å². The monoisotopic (exact) mass is 475 g/mol. The predicted molar refractivity (Wildman–Crippen MR) is 135 cm³/mol. The first-order chi connectivity index (χ1) is 16.6. The maximum absolute atomic E-state index is 12.4. The van der Waals surface area contributed by atoms with E-state index in [0.717, 1.165) is 40.8 Å². The van der Waals surface area contributed by atoms with Gasteiger partial charge in [-0.1, -0.05) is 41.9 Å². The molecule has 5 rings (SSSR count). The summed E-state index contributed by atoms with van der Waals surface area (Å²) in [4.78, 5) is 19.9. The molecule has 1 saturated heterocycles. The SMILES string of the molecule is O=C(O)C(c1c[nH]c2ccc(OCc3ccccc3)cc12)N1CCN(c2ccc(Cl)cc2)CC1. The minimum Gasteiger partial charge on any atom is -0.489 e. The fraction of sp³-hybridized carbons (Fsp3) is 0.222. The van der Waals surface area contributed by atoms with Gasteiger partial charge in [0.05, 0.1) is 0 Å². The number of carbonyl (C=O) groups is 1. The number of aromatic amines is 1. The van der Waals surface area contributed by atoms with Gasteiger partial charge in [-0.3, -0.25) is 9.69 Å². The summed E-state index contributed by atoms with van der Waals surface area (Å²) in [6.45, 7) is 3.26. The molecule has 0 spiro atoms. The Balaban J connectivity index is 1.34. The third-order valence-electron chi connectivity index (χ3n) is 6.33. The van der Waals surface area contributed by atoms with Gasteiger partial charge < -0.3 is 19.7 Å². The lowest BCUT2D eigenvalue weighted by Crippen LogP contribution is -2.49. The van der Waals surface area contributed by atoms with Crippen LogP contribution in [0.2, 0.25) is 5.02 Å². The highest BCUT2D eigenvalue weighted by Gasteiger charge is 2.32. The number of carboxylic acid groups (broad SMARTS) is 1. The van der Waals surface area contributed by atoms with Crippen molar-refractivity contribution >= 4 is 34.2 Å². The molecule has 7 heteroatoms. The Morgan fingerprint density at radius 2 is 1.74 bits per heavy atom. The lowest BCUT2D eigenvalue weighted by atomic mass is 10.0. The molecule has 2 heterocycles. The maximum atomic E-state index is 12.4. The number of hydrogen-bond donors (Lipinski definition) is 2. The van der Waals surface area contributed by atoms with Crippen molar-refractivity contribution in [2.24, 2.45) is 0 Å². The van der Waals surface area contributed by atoms with Gasteiger partial charge in [-0.15, -0.1) is 0 Å². The van der Waals surface area contributed by atoms with Crippen LogP contribution in [0.25, 0.3) is 10.9 Å². The van der Waals surface area contributed by atoms with E-state index >= 15 is 0 Å². The fourth-order valence-electron chi connectivity index (χ4n) is 4.55. The number of fused-ring (bicyclic) bond motifs is 1. The van der Waals surface area contributed by atoms with Crippen LogP contribution in [0.5, 0.6) is 5.75 Å². The molecule has 3 aromatic carbocycles. The number of hydrogen-bond acceptors (Lipinski definition) is 4. The largest absolute Gasteiger partial charge is 0.489 e. The molecular weight excluding hydrogens is 450 g/mol. The topological polar surface area (TPSA) is 68.8 Å². The van der Waals surface area contributed by atoms with Crippen molar-refractivity contribution in [3.05, 3.63) is 95.1 Å². The molecule has 0 saturated carbocycles. The molecule has 1 unspecified atom stereocenters. The van der Waals surface area contributed by atoms with Crippen molar-refractivity contribution in [3.63, 3.8) is 0 Å². The number of aliphatic carboxylic acids is 1. The summed E-state index contributed by atoms with van der Waals surface area (Å²) >= 11 is 6.01. The lowest BCUT2D eigenvalue weighted by molar-refractivity contribution is -0.143. The molecule has 6 nitrogen and oxygen atoms in total. The van der Waals surface area contributed by atoms with Crippen LogP contribution >= 0.6 is 11.6 Å². The Morgan fingerprint density at radius 3 is 2.44 bits per heavy atom. The van der Waals surface area contributed by atoms with Crippen molar-refractivity contribution in [3.8, 4) is 5.75 Å². The van der Waals surface area contributed by atoms with E-state index < -0.39 is 12.0 Å². The van der Waals surface area contributed by atoms with Crippen LogP contribution in [0.3, 0.4) is 0 Å². The Bertz CT molecular complexity index is 1270. The third kappa shape index (κ3) is 4.74. The number of halogens is 1. The van der Waals surface area contributed by atoms with Gasteiger partial charge in [-0.05, 0) is 48.0 Å². The van der Waals surface area contributed by atoms with Crippen LogP contribution in [0.4, 0.5) is 5.69 Å². The minimum absolute atomic E-state index is 0.459. The van der Waals surface area contributed by atoms with Crippen LogP contribution in [-0.4, -0.2) is 47.1 Å². The zero-order valence-electron chi connectivity index (χ0n) is 18.7. The van der Waals surface area contributed by atoms with E-state index in [1.165, 1.54) is 0 Å². The third-order valence-corrected chi connectivity index (χ3v) is 6.59. The first-order valence-corrected chi connectivity index (χ1v) is 11.7. The van der Waals surface area contributed by atoms with Gasteiger partial charge in [-0.25, -0.2) is 0 Å². The average molecular weight is 476 g/mol. The van der Waals surface area contributed by atoms with E-state index in [1.807, 2.05) is 83.9 Å². The molecule has 0 aliphatic carbocycles. The van der Waals surface area contributed by atoms with E-state index in [9.17, 15) is 9.90 Å². The van der Waals surface area contributed by atoms with E-state index in [-0.39, 0.29) is 0 Å². The maximum Gasteiger partial charge on any atom is 0.325 e. The number of benzene rings is 3. The van der Waals surface area contributed by atoms with Crippen LogP contribution in [0, 0.1) is 0 Å². The van der Waals surface area contributed by atoms with Gasteiger partial charge in [0.1, 0.15) is 18.4 Å². The number of ether oxygens (including phenoxy) is 1. The average Bonchev–Trinajstić information content (AvgIpc) is 3.27. The van der Waals surface area contributed by atoms with Crippen LogP contribution in [0.1, 0.15) is 17.2 Å². The van der Waals surface area contributed by atoms with Crippen molar-refractivity contribution in [2.45, 2.75) is 12.6 Å². The number of aromatic nitrogens is 1. The first kappa shape index (κ1) is 22.3. The van der Waals surface area contributed by atoms with Gasteiger partial charge in [0, 0.05) is 59.6 Å². The Labute approximate surface area is 203 Å². The zero-order valence-corrected chi connectivity index (χ0v) is 19.4. The second kappa shape index (κ2) is 9.79. The predicted octanol–water partition coefficient (Wildman–Crippen LogP) is 5.35. The zero-order chi connectivity index (χ0) is 23.5. The molecule has 2 N–H and O–H groups in total. The van der Waals surface area contributed by atoms with E-state index in [1.54, 1.807) is 0 Å². The Kier molecular flexibility index (Phi) is 6.43. The second-order valence-electron chi connectivity index (χ2n) is 8.47. The number of nitrogens with zero attached hydrogens (tertiary/aromatic N) is 2. The van der Waals surface area contributed by atoms with E-state index in [0.29, 0.717) is 30.5 Å². The molecule has 1 aliphatic rings. The number of nitrogens with one attached hydrogen (secondary N) is 1. The highest BCUT2D eigenvalue weighted by Crippen LogP contribution is 2.32. The summed E-state index contributed by atoms with van der Waals surface area (Å²) in [6, 6.07) is 22.8. The second-order valence-corrected chi connectivity index (χ2v) is 8.90. The molecule has 4 aromatic rings. The quantitative estimate of drug-likeness (QED) is 0.377. The summed E-state index contributed by atoms with van der Waals surface area (Å²) in [5.74, 6) is -0.134. The summed E-state index contributed by atoms with van der Waals surface area (Å²) in [7, 11) is 0. The molecule has 0 radical (unpaired) electrons. The Hall–Kier alpha value is -3.48. The van der Waals surface area contributed by atoms with Gasteiger partial charge in [-0.2, -0.15) is 0 Å². The van der Waals surface area contributed by atoms with Crippen molar-refractivity contribution in [1.82, 2.24) is 9.88 Å². The first-order valence-electron chi connectivity index (χ1n) is 11.3. The van der Waals surface area contributed by atoms with Crippen LogP contribution < -0.4 is 9.64 Å². The van der Waals surface area contributed by atoms with Crippen LogP contribution in [0.15, 0.2) is 79.0 Å². The molecule has 1 fully saturated rings. The molecule has 174 valence electrons. The standard InChI is InChI=1S/C27H26ClN3O3/c28-20-6-8-21(9-7-20)30-12-14-31(15-13-30)26(27(32)33)24-17-29-25-11-10-22(16-23(24)25)34-18-19-4-2-1-3-5-19/h1-11,16-17,26,29H,12-15,18H2,(H,32,33). The summed E-state index contributed by atoms with van der Waals surface area (Å²) in [5.41, 5.74) is 3.84. The fourth-order valence-corrected chi connectivity index (χ4v) is 4.68. The molecule has 1 aromatic heterocycles. The summed E-state index contributed by atoms with van der Waals surface area (Å²) < 4.78 is 5.99. The number of piperazine rings is 1. The molecule has 34 heavy (non-hydrogen) atoms. The number of carboxylic acids is 1. The lowest BCUT2D eigenvalue weighted by Gasteiger charge is -2.38. The van der Waals surface area contributed by atoms with Crippen molar-refractivity contribution < 1.29 is 14.6 Å². The van der Waals surface area contributed by atoms with E-state index in [4.69, 9.17) is 16.3 Å². The molecule has 1 aliphatic heterocycles. The van der Waals surface area contributed by atoms with Gasteiger partial charge in [0.15, 0.2) is 0 Å². The summed E-state index contributed by atoms with van der Waals surface area (Å²) in [6.07, 6.45) is 1.82. The molecule has 0 bridgehead atoms. The Morgan fingerprint density at radius 1 is 1.00 bits per heavy atom.